The van der Waals surface area contributed by atoms with Gasteiger partial charge in [0.2, 0.25) is 11.8 Å². The van der Waals surface area contributed by atoms with Crippen molar-refractivity contribution in [3.05, 3.63) is 42.2 Å². The van der Waals surface area contributed by atoms with Crippen molar-refractivity contribution in [2.24, 2.45) is 11.8 Å². The standard InChI is InChI=1S/C20H23N3O3/c24-18(22-11-13-6-9-21-10-7-13)16-15-5-8-20(26-15)12-23(19(25)17(16)20)14-3-1-2-4-14/h5-10,14-17H,1-4,11-12H2,(H,22,24)/t15-,16+,17+,20-/m1/s1. The van der Waals surface area contributed by atoms with Crippen LogP contribution in [0, 0.1) is 11.8 Å². The second-order valence-electron chi connectivity index (χ2n) is 7.88. The van der Waals surface area contributed by atoms with Crippen LogP contribution in [0.1, 0.15) is 31.2 Å². The van der Waals surface area contributed by atoms with Crippen LogP contribution in [0.5, 0.6) is 0 Å². The van der Waals surface area contributed by atoms with E-state index in [1.165, 1.54) is 12.8 Å². The predicted molar refractivity (Wildman–Crippen MR) is 93.8 cm³/mol. The SMILES string of the molecule is O=C(NCc1ccncc1)[C@@H]1[C@H]2C(=O)N(C3CCCC3)C[C@]23C=C[C@H]1O3. The van der Waals surface area contributed by atoms with Gasteiger partial charge in [0.1, 0.15) is 5.60 Å². The number of likely N-dealkylation sites (tertiary alicyclic amines) is 1. The molecule has 2 bridgehead atoms. The number of hydrogen-bond acceptors (Lipinski definition) is 4. The van der Waals surface area contributed by atoms with E-state index in [9.17, 15) is 9.59 Å². The number of rotatable bonds is 4. The summed E-state index contributed by atoms with van der Waals surface area (Å²) in [6.45, 7) is 1.04. The monoisotopic (exact) mass is 353 g/mol. The number of fused-ring (bicyclic) bond motifs is 1. The molecular formula is C20H23N3O3. The lowest BCUT2D eigenvalue weighted by Crippen LogP contribution is -2.44. The highest BCUT2D eigenvalue weighted by Gasteiger charge is 2.67. The van der Waals surface area contributed by atoms with Gasteiger partial charge in [0.25, 0.3) is 0 Å². The van der Waals surface area contributed by atoms with Crippen molar-refractivity contribution in [3.8, 4) is 0 Å². The number of carbonyl (C=O) groups is 2. The molecular weight excluding hydrogens is 330 g/mol. The molecule has 0 aromatic carbocycles. The van der Waals surface area contributed by atoms with Crippen LogP contribution in [0.3, 0.4) is 0 Å². The first kappa shape index (κ1) is 16.0. The van der Waals surface area contributed by atoms with Crippen molar-refractivity contribution >= 4 is 11.8 Å². The van der Waals surface area contributed by atoms with Crippen molar-refractivity contribution in [3.63, 3.8) is 0 Å². The van der Waals surface area contributed by atoms with Crippen molar-refractivity contribution in [2.75, 3.05) is 6.54 Å². The Morgan fingerprint density at radius 2 is 2.08 bits per heavy atom. The second-order valence-corrected chi connectivity index (χ2v) is 7.88. The molecule has 4 aliphatic rings. The van der Waals surface area contributed by atoms with Gasteiger partial charge in [-0.2, -0.15) is 0 Å². The fourth-order valence-electron chi connectivity index (χ4n) is 5.16. The molecule has 5 rings (SSSR count). The van der Waals surface area contributed by atoms with E-state index in [0.29, 0.717) is 19.1 Å². The van der Waals surface area contributed by atoms with Gasteiger partial charge in [-0.25, -0.2) is 0 Å². The molecule has 3 fully saturated rings. The van der Waals surface area contributed by atoms with E-state index in [1.807, 2.05) is 29.2 Å². The Kier molecular flexibility index (Phi) is 3.64. The lowest BCUT2D eigenvalue weighted by Gasteiger charge is -2.27. The normalized spacial score (nSPS) is 35.3. The second kappa shape index (κ2) is 5.91. The molecule has 0 radical (unpaired) electrons. The molecule has 1 aliphatic carbocycles. The molecule has 2 saturated heterocycles. The Labute approximate surface area is 152 Å². The van der Waals surface area contributed by atoms with Gasteiger partial charge >= 0.3 is 0 Å². The summed E-state index contributed by atoms with van der Waals surface area (Å²) in [4.78, 5) is 32.1. The first-order valence-corrected chi connectivity index (χ1v) is 9.52. The van der Waals surface area contributed by atoms with Gasteiger partial charge in [-0.15, -0.1) is 0 Å². The van der Waals surface area contributed by atoms with E-state index in [2.05, 4.69) is 10.3 Å². The van der Waals surface area contributed by atoms with Gasteiger partial charge < -0.3 is 15.0 Å². The van der Waals surface area contributed by atoms with Crippen molar-refractivity contribution in [2.45, 2.75) is 50.0 Å². The van der Waals surface area contributed by atoms with Crippen molar-refractivity contribution < 1.29 is 14.3 Å². The van der Waals surface area contributed by atoms with Gasteiger partial charge in [0.05, 0.1) is 24.5 Å². The van der Waals surface area contributed by atoms with Crippen molar-refractivity contribution in [1.82, 2.24) is 15.2 Å². The minimum atomic E-state index is -0.594. The van der Waals surface area contributed by atoms with Crippen molar-refractivity contribution in [1.29, 1.82) is 0 Å². The van der Waals surface area contributed by atoms with Crippen LogP contribution < -0.4 is 5.32 Å². The largest absolute Gasteiger partial charge is 0.360 e. The summed E-state index contributed by atoms with van der Waals surface area (Å²) >= 11 is 0. The number of nitrogens with one attached hydrogen (secondary N) is 1. The van der Waals surface area contributed by atoms with Gasteiger partial charge in [-0.05, 0) is 30.5 Å². The zero-order valence-electron chi connectivity index (χ0n) is 14.6. The van der Waals surface area contributed by atoms with E-state index in [4.69, 9.17) is 4.74 Å². The van der Waals surface area contributed by atoms with E-state index in [1.54, 1.807) is 12.4 Å². The molecule has 6 heteroatoms. The summed E-state index contributed by atoms with van der Waals surface area (Å²) in [5.74, 6) is -0.797. The quantitative estimate of drug-likeness (QED) is 0.831. The highest BCUT2D eigenvalue weighted by Crippen LogP contribution is 2.52. The summed E-state index contributed by atoms with van der Waals surface area (Å²) in [6, 6.07) is 4.07. The maximum absolute atomic E-state index is 13.2. The Bertz CT molecular complexity index is 759. The number of ether oxygens (including phenoxy) is 1. The Morgan fingerprint density at radius 3 is 2.85 bits per heavy atom. The number of hydrogen-bond donors (Lipinski definition) is 1. The molecule has 0 unspecified atom stereocenters. The number of aromatic nitrogens is 1. The first-order valence-electron chi connectivity index (χ1n) is 9.52. The molecule has 26 heavy (non-hydrogen) atoms. The molecule has 4 heterocycles. The number of nitrogens with zero attached hydrogens (tertiary/aromatic N) is 2. The summed E-state index contributed by atoms with van der Waals surface area (Å²) < 4.78 is 6.19. The molecule has 1 N–H and O–H groups in total. The summed E-state index contributed by atoms with van der Waals surface area (Å²) in [5, 5.41) is 2.99. The number of amides is 2. The van der Waals surface area contributed by atoms with Crippen LogP contribution in [0.15, 0.2) is 36.7 Å². The van der Waals surface area contributed by atoms with Gasteiger partial charge in [0.15, 0.2) is 0 Å². The van der Waals surface area contributed by atoms with Crippen LogP contribution in [-0.2, 0) is 20.9 Å². The van der Waals surface area contributed by atoms with E-state index in [0.717, 1.165) is 18.4 Å². The van der Waals surface area contributed by atoms with E-state index < -0.39 is 11.5 Å². The van der Waals surface area contributed by atoms with Crippen LogP contribution >= 0.6 is 0 Å². The summed E-state index contributed by atoms with van der Waals surface area (Å²) in [5.41, 5.74) is 0.399. The highest BCUT2D eigenvalue weighted by atomic mass is 16.5. The highest BCUT2D eigenvalue weighted by molar-refractivity contribution is 5.93. The fraction of sp³-hybridized carbons (Fsp3) is 0.550. The van der Waals surface area contributed by atoms with E-state index in [-0.39, 0.29) is 23.8 Å². The number of carbonyl (C=O) groups excluding carboxylic acids is 2. The van der Waals surface area contributed by atoms with Gasteiger partial charge in [-0.1, -0.05) is 25.0 Å². The van der Waals surface area contributed by atoms with Gasteiger partial charge in [-0.3, -0.25) is 14.6 Å². The molecule has 2 amide bonds. The first-order chi connectivity index (χ1) is 12.7. The van der Waals surface area contributed by atoms with Crippen LogP contribution in [0.25, 0.3) is 0 Å². The zero-order chi connectivity index (χ0) is 17.7. The third-order valence-electron chi connectivity index (χ3n) is 6.41. The molecule has 6 nitrogen and oxygen atoms in total. The Balaban J connectivity index is 1.34. The average Bonchev–Trinajstić information content (AvgIpc) is 3.42. The molecule has 1 spiro atoms. The predicted octanol–water partition coefficient (Wildman–Crippen LogP) is 1.42. The fourth-order valence-corrected chi connectivity index (χ4v) is 5.16. The van der Waals surface area contributed by atoms with E-state index >= 15 is 0 Å². The van der Waals surface area contributed by atoms with Crippen LogP contribution in [-0.4, -0.2) is 46.0 Å². The minimum Gasteiger partial charge on any atom is -0.360 e. The summed E-state index contributed by atoms with van der Waals surface area (Å²) in [7, 11) is 0. The molecule has 1 aromatic heterocycles. The maximum atomic E-state index is 13.2. The molecule has 3 aliphatic heterocycles. The maximum Gasteiger partial charge on any atom is 0.230 e. The van der Waals surface area contributed by atoms with Crippen LogP contribution in [0.2, 0.25) is 0 Å². The summed E-state index contributed by atoms with van der Waals surface area (Å²) in [6.07, 6.45) is 11.6. The topological polar surface area (TPSA) is 71.5 Å². The smallest absolute Gasteiger partial charge is 0.230 e. The lowest BCUT2D eigenvalue weighted by molar-refractivity contribution is -0.138. The lowest BCUT2D eigenvalue weighted by atomic mass is 9.77. The Morgan fingerprint density at radius 1 is 1.31 bits per heavy atom. The van der Waals surface area contributed by atoms with Gasteiger partial charge in [0, 0.05) is 25.0 Å². The molecule has 1 aromatic rings. The third kappa shape index (κ3) is 2.31. The zero-order valence-corrected chi connectivity index (χ0v) is 14.6. The van der Waals surface area contributed by atoms with Crippen LogP contribution in [0.4, 0.5) is 0 Å². The Hall–Kier alpha value is -2.21. The molecule has 4 atom stereocenters. The minimum absolute atomic E-state index is 0.0929. The molecule has 1 saturated carbocycles. The molecule has 136 valence electrons. The third-order valence-corrected chi connectivity index (χ3v) is 6.41. The average molecular weight is 353 g/mol. The number of pyridine rings is 1.